The quantitative estimate of drug-likeness (QED) is 0.395. The molecule has 10 heavy (non-hydrogen) atoms. The van der Waals surface area contributed by atoms with Crippen LogP contribution in [0.1, 0.15) is 46.0 Å². The minimum absolute atomic E-state index is 0.383. The van der Waals surface area contributed by atoms with Crippen molar-refractivity contribution < 1.29 is 0 Å². The highest BCUT2D eigenvalue weighted by atomic mass is 28.2. The van der Waals surface area contributed by atoms with Crippen LogP contribution in [0, 0.1) is 0 Å². The molecule has 0 spiro atoms. The maximum atomic E-state index is 2.30. The molecule has 0 unspecified atom stereocenters. The number of hydrogen-bond acceptors (Lipinski definition) is 0. The topological polar surface area (TPSA) is 0 Å². The van der Waals surface area contributed by atoms with E-state index in [0.717, 1.165) is 0 Å². The molecule has 0 aliphatic rings. The third-order valence-corrected chi connectivity index (χ3v) is 4.16. The van der Waals surface area contributed by atoms with Crippen molar-refractivity contribution in [1.29, 1.82) is 0 Å². The summed E-state index contributed by atoms with van der Waals surface area (Å²) >= 11 is 0. The van der Waals surface area contributed by atoms with Gasteiger partial charge in [0, 0.05) is 9.52 Å². The molecule has 0 nitrogen and oxygen atoms in total. The lowest BCUT2D eigenvalue weighted by atomic mass is 10.2. The van der Waals surface area contributed by atoms with Crippen molar-refractivity contribution in [3.8, 4) is 0 Å². The molecule has 0 aromatic carbocycles. The third-order valence-electron chi connectivity index (χ3n) is 1.96. The van der Waals surface area contributed by atoms with Crippen LogP contribution in [0.3, 0.4) is 0 Å². The monoisotopic (exact) mass is 158 g/mol. The molecule has 0 aliphatic heterocycles. The second-order valence-electron chi connectivity index (χ2n) is 3.12. The Kier molecular flexibility index (Phi) is 9.42. The van der Waals surface area contributed by atoms with Gasteiger partial charge in [0.15, 0.2) is 0 Å². The molecular formula is C9H22Si. The van der Waals surface area contributed by atoms with E-state index in [9.17, 15) is 0 Å². The SMILES string of the molecule is CCCCCC[SiH2]CCC. The van der Waals surface area contributed by atoms with Gasteiger partial charge < -0.3 is 0 Å². The highest BCUT2D eigenvalue weighted by molar-refractivity contribution is 6.35. The van der Waals surface area contributed by atoms with Crippen molar-refractivity contribution in [2.75, 3.05) is 0 Å². The van der Waals surface area contributed by atoms with Crippen molar-refractivity contribution in [3.05, 3.63) is 0 Å². The van der Waals surface area contributed by atoms with Crippen molar-refractivity contribution in [1.82, 2.24) is 0 Å². The number of unbranched alkanes of at least 4 members (excludes halogenated alkanes) is 3. The number of rotatable bonds is 7. The van der Waals surface area contributed by atoms with Gasteiger partial charge in [-0.25, -0.2) is 0 Å². The molecular weight excluding hydrogens is 136 g/mol. The molecule has 0 atom stereocenters. The Labute approximate surface area is 68.2 Å². The summed E-state index contributed by atoms with van der Waals surface area (Å²) in [5, 5.41) is 0. The van der Waals surface area contributed by atoms with Crippen molar-refractivity contribution in [3.63, 3.8) is 0 Å². The van der Waals surface area contributed by atoms with E-state index >= 15 is 0 Å². The summed E-state index contributed by atoms with van der Waals surface area (Å²) in [5.41, 5.74) is 0. The zero-order chi connectivity index (χ0) is 7.66. The molecule has 0 aromatic rings. The first kappa shape index (κ1) is 10.2. The molecule has 0 N–H and O–H groups in total. The van der Waals surface area contributed by atoms with Crippen LogP contribution in [0.25, 0.3) is 0 Å². The molecule has 1 heteroatoms. The van der Waals surface area contributed by atoms with E-state index in [1.165, 1.54) is 32.1 Å². The van der Waals surface area contributed by atoms with Gasteiger partial charge in [-0.1, -0.05) is 58.0 Å². The van der Waals surface area contributed by atoms with E-state index in [1.54, 1.807) is 12.1 Å². The second-order valence-corrected chi connectivity index (χ2v) is 5.24. The van der Waals surface area contributed by atoms with Gasteiger partial charge in [0.25, 0.3) is 0 Å². The fraction of sp³-hybridized carbons (Fsp3) is 1.00. The minimum Gasteiger partial charge on any atom is -0.0657 e. The standard InChI is InChI=1S/C9H22Si/c1-3-5-6-7-9-10-8-4-2/h3-10H2,1-2H3. The van der Waals surface area contributed by atoms with Crippen LogP contribution in [0.15, 0.2) is 0 Å². The summed E-state index contributed by atoms with van der Waals surface area (Å²) in [6, 6.07) is 3.18. The molecule has 0 amide bonds. The van der Waals surface area contributed by atoms with Crippen molar-refractivity contribution >= 4 is 9.52 Å². The van der Waals surface area contributed by atoms with Gasteiger partial charge in [-0.2, -0.15) is 0 Å². The van der Waals surface area contributed by atoms with Gasteiger partial charge >= 0.3 is 0 Å². The van der Waals surface area contributed by atoms with Crippen LogP contribution in [0.5, 0.6) is 0 Å². The van der Waals surface area contributed by atoms with Crippen LogP contribution >= 0.6 is 0 Å². The molecule has 0 heterocycles. The van der Waals surface area contributed by atoms with E-state index < -0.39 is 0 Å². The van der Waals surface area contributed by atoms with Crippen LogP contribution < -0.4 is 0 Å². The Bertz CT molecular complexity index is 44.7. The fourth-order valence-corrected chi connectivity index (χ4v) is 2.77. The lowest BCUT2D eigenvalue weighted by Gasteiger charge is -1.97. The average molecular weight is 158 g/mol. The van der Waals surface area contributed by atoms with E-state index in [1.807, 2.05) is 0 Å². The molecule has 0 saturated carbocycles. The summed E-state index contributed by atoms with van der Waals surface area (Å²) in [4.78, 5) is 0. The van der Waals surface area contributed by atoms with Gasteiger partial charge in [-0.05, 0) is 0 Å². The van der Waals surface area contributed by atoms with Gasteiger partial charge in [0.2, 0.25) is 0 Å². The summed E-state index contributed by atoms with van der Waals surface area (Å²) in [5.74, 6) is 0. The molecule has 0 fully saturated rings. The maximum absolute atomic E-state index is 2.30. The summed E-state index contributed by atoms with van der Waals surface area (Å²) in [6.07, 6.45) is 7.29. The van der Waals surface area contributed by atoms with E-state index in [0.29, 0.717) is 9.52 Å². The van der Waals surface area contributed by atoms with Crippen LogP contribution in [0.2, 0.25) is 12.1 Å². The molecule has 0 bridgehead atoms. The van der Waals surface area contributed by atoms with Crippen molar-refractivity contribution in [2.45, 2.75) is 58.0 Å². The van der Waals surface area contributed by atoms with Gasteiger partial charge in [0.05, 0.1) is 0 Å². The molecule has 0 aromatic heterocycles. The summed E-state index contributed by atoms with van der Waals surface area (Å²) < 4.78 is 0. The van der Waals surface area contributed by atoms with Crippen LogP contribution in [0.4, 0.5) is 0 Å². The predicted octanol–water partition coefficient (Wildman–Crippen LogP) is 2.98. The van der Waals surface area contributed by atoms with E-state index in [2.05, 4.69) is 13.8 Å². The zero-order valence-electron chi connectivity index (χ0n) is 7.66. The Hall–Kier alpha value is 0.217. The lowest BCUT2D eigenvalue weighted by molar-refractivity contribution is 0.699. The maximum Gasteiger partial charge on any atom is 0.0197 e. The van der Waals surface area contributed by atoms with Gasteiger partial charge in [-0.15, -0.1) is 0 Å². The first-order chi connectivity index (χ1) is 4.91. The van der Waals surface area contributed by atoms with E-state index in [-0.39, 0.29) is 0 Å². The van der Waals surface area contributed by atoms with E-state index in [4.69, 9.17) is 0 Å². The van der Waals surface area contributed by atoms with Gasteiger partial charge in [-0.3, -0.25) is 0 Å². The Morgan fingerprint density at radius 1 is 0.800 bits per heavy atom. The molecule has 0 radical (unpaired) electrons. The third kappa shape index (κ3) is 8.22. The fourth-order valence-electron chi connectivity index (χ4n) is 1.21. The first-order valence-corrected chi connectivity index (χ1v) is 6.91. The predicted molar refractivity (Wildman–Crippen MR) is 52.6 cm³/mol. The summed E-state index contributed by atoms with van der Waals surface area (Å²) in [7, 11) is 0.383. The van der Waals surface area contributed by atoms with Gasteiger partial charge in [0.1, 0.15) is 0 Å². The van der Waals surface area contributed by atoms with Crippen LogP contribution in [-0.4, -0.2) is 9.52 Å². The molecule has 0 aliphatic carbocycles. The second kappa shape index (κ2) is 9.22. The number of hydrogen-bond donors (Lipinski definition) is 0. The molecule has 0 rings (SSSR count). The summed E-state index contributed by atoms with van der Waals surface area (Å²) in [6.45, 7) is 4.59. The Balaban J connectivity index is 2.65. The lowest BCUT2D eigenvalue weighted by Crippen LogP contribution is -1.87. The minimum atomic E-state index is 0.383. The van der Waals surface area contributed by atoms with Crippen molar-refractivity contribution in [2.24, 2.45) is 0 Å². The largest absolute Gasteiger partial charge is 0.0657 e. The average Bonchev–Trinajstić information content (AvgIpc) is 1.97. The highest BCUT2D eigenvalue weighted by Gasteiger charge is 1.88. The molecule has 0 saturated heterocycles. The smallest absolute Gasteiger partial charge is 0.0197 e. The Morgan fingerprint density at radius 2 is 1.60 bits per heavy atom. The highest BCUT2D eigenvalue weighted by Crippen LogP contribution is 2.03. The normalized spacial score (nSPS) is 11.4. The zero-order valence-corrected chi connectivity index (χ0v) is 9.07. The Morgan fingerprint density at radius 3 is 2.20 bits per heavy atom. The molecule has 62 valence electrons. The van der Waals surface area contributed by atoms with Crippen LogP contribution in [-0.2, 0) is 0 Å². The first-order valence-electron chi connectivity index (χ1n) is 4.91.